The number of primary amides is 1. The number of carbonyl (C=O) groups is 3. The lowest BCUT2D eigenvalue weighted by Gasteiger charge is -1.99. The second-order valence-electron chi connectivity index (χ2n) is 2.21. The van der Waals surface area contributed by atoms with Gasteiger partial charge in [0.15, 0.2) is 0 Å². The Bertz CT molecular complexity index is 218. The van der Waals surface area contributed by atoms with Crippen LogP contribution in [0.5, 0.6) is 0 Å². The van der Waals surface area contributed by atoms with E-state index in [1.54, 1.807) is 0 Å². The summed E-state index contributed by atoms with van der Waals surface area (Å²) in [5.74, 6) is -2.89. The molecule has 0 aliphatic heterocycles. The van der Waals surface area contributed by atoms with E-state index in [-0.39, 0.29) is 13.0 Å². The van der Waals surface area contributed by atoms with E-state index in [1.807, 2.05) is 0 Å². The minimum atomic E-state index is -1.21. The molecule has 8 nitrogen and oxygen atoms in total. The first-order valence-electron chi connectivity index (χ1n) is 3.49. The van der Waals surface area contributed by atoms with Gasteiger partial charge in [0.25, 0.3) is 0 Å². The lowest BCUT2D eigenvalue weighted by atomic mass is 10.2. The van der Waals surface area contributed by atoms with Crippen LogP contribution >= 0.6 is 0 Å². The first-order chi connectivity index (χ1) is 6.31. The van der Waals surface area contributed by atoms with Gasteiger partial charge in [0.1, 0.15) is 6.04 Å². The summed E-state index contributed by atoms with van der Waals surface area (Å²) < 4.78 is 0. The number of carboxylic acid groups (broad SMARTS) is 2. The van der Waals surface area contributed by atoms with Crippen molar-refractivity contribution in [3.8, 4) is 0 Å². The van der Waals surface area contributed by atoms with E-state index >= 15 is 0 Å². The molecule has 0 rings (SSSR count). The lowest BCUT2D eigenvalue weighted by Crippen LogP contribution is -2.34. The van der Waals surface area contributed by atoms with Crippen LogP contribution in [0.2, 0.25) is 0 Å². The van der Waals surface area contributed by atoms with Crippen molar-refractivity contribution in [3.05, 3.63) is 0 Å². The molecule has 0 fully saturated rings. The van der Waals surface area contributed by atoms with Crippen molar-refractivity contribution in [1.82, 2.24) is 0 Å². The molecule has 8 heteroatoms. The lowest BCUT2D eigenvalue weighted by molar-refractivity contribution is -0.140. The standard InChI is InChI=1S/C4H8N2O3.C2H5NO2/c5-2(4(8)9)1-3(6)7;3-1-2(4)5/h2H,1,5H2,(H2,6,7)(H,8,9);1,3H2,(H,4,5)/t2-;/m1./s1. The highest BCUT2D eigenvalue weighted by Crippen LogP contribution is 1.84. The molecule has 1 atom stereocenters. The number of rotatable bonds is 4. The third-order valence-corrected chi connectivity index (χ3v) is 0.913. The Morgan fingerprint density at radius 1 is 1.21 bits per heavy atom. The van der Waals surface area contributed by atoms with Crippen LogP contribution < -0.4 is 17.2 Å². The van der Waals surface area contributed by atoms with Gasteiger partial charge < -0.3 is 27.4 Å². The Balaban J connectivity index is 0. The molecule has 0 radical (unpaired) electrons. The first kappa shape index (κ1) is 14.8. The largest absolute Gasteiger partial charge is 0.480 e. The van der Waals surface area contributed by atoms with Crippen molar-refractivity contribution in [2.45, 2.75) is 12.5 Å². The van der Waals surface area contributed by atoms with Gasteiger partial charge in [0, 0.05) is 0 Å². The molecule has 14 heavy (non-hydrogen) atoms. The Kier molecular flexibility index (Phi) is 8.43. The molecule has 0 aliphatic rings. The molecule has 0 aromatic rings. The molecule has 0 aromatic carbocycles. The summed E-state index contributed by atoms with van der Waals surface area (Å²) in [6.07, 6.45) is -0.310. The molecule has 0 aliphatic carbocycles. The van der Waals surface area contributed by atoms with Crippen molar-refractivity contribution < 1.29 is 24.6 Å². The second-order valence-corrected chi connectivity index (χ2v) is 2.21. The first-order valence-corrected chi connectivity index (χ1v) is 3.49. The maximum absolute atomic E-state index is 9.99. The highest BCUT2D eigenvalue weighted by molar-refractivity contribution is 5.83. The summed E-state index contributed by atoms with van der Waals surface area (Å²) in [4.78, 5) is 29.1. The molecule has 82 valence electrons. The van der Waals surface area contributed by atoms with Crippen LogP contribution in [0.4, 0.5) is 0 Å². The van der Waals surface area contributed by atoms with Gasteiger partial charge in [0.05, 0.1) is 13.0 Å². The SMILES string of the molecule is NC(=O)C[C@@H](N)C(=O)O.NCC(=O)O. The van der Waals surface area contributed by atoms with Gasteiger partial charge in [-0.05, 0) is 0 Å². The average Bonchev–Trinajstić information content (AvgIpc) is 2.04. The highest BCUT2D eigenvalue weighted by atomic mass is 16.4. The van der Waals surface area contributed by atoms with Gasteiger partial charge in [-0.3, -0.25) is 14.4 Å². The molecule has 0 saturated carbocycles. The van der Waals surface area contributed by atoms with Gasteiger partial charge in [-0.15, -0.1) is 0 Å². The summed E-state index contributed by atoms with van der Waals surface area (Å²) >= 11 is 0. The van der Waals surface area contributed by atoms with E-state index in [9.17, 15) is 14.4 Å². The van der Waals surface area contributed by atoms with Crippen LogP contribution in [0.25, 0.3) is 0 Å². The third-order valence-electron chi connectivity index (χ3n) is 0.913. The van der Waals surface area contributed by atoms with Gasteiger partial charge in [-0.2, -0.15) is 0 Å². The normalized spacial score (nSPS) is 10.7. The van der Waals surface area contributed by atoms with E-state index in [2.05, 4.69) is 11.5 Å². The smallest absolute Gasteiger partial charge is 0.321 e. The van der Waals surface area contributed by atoms with Gasteiger partial charge in [-0.25, -0.2) is 0 Å². The molecule has 1 amide bonds. The Labute approximate surface area is 79.7 Å². The zero-order valence-electron chi connectivity index (χ0n) is 7.34. The van der Waals surface area contributed by atoms with Crippen LogP contribution in [0.1, 0.15) is 6.42 Å². The minimum Gasteiger partial charge on any atom is -0.480 e. The monoisotopic (exact) mass is 207 g/mol. The number of carbonyl (C=O) groups excluding carboxylic acids is 1. The zero-order chi connectivity index (χ0) is 11.7. The average molecular weight is 207 g/mol. The summed E-state index contributed by atoms with van der Waals surface area (Å²) in [7, 11) is 0. The zero-order valence-corrected chi connectivity index (χ0v) is 7.34. The van der Waals surface area contributed by atoms with Crippen molar-refractivity contribution in [2.75, 3.05) is 6.54 Å². The fourth-order valence-corrected chi connectivity index (χ4v) is 0.304. The van der Waals surface area contributed by atoms with Crippen molar-refractivity contribution in [1.29, 1.82) is 0 Å². The molecule has 0 saturated heterocycles. The third kappa shape index (κ3) is 13.0. The topological polar surface area (TPSA) is 170 Å². The second kappa shape index (κ2) is 7.95. The minimum absolute atomic E-state index is 0.278. The van der Waals surface area contributed by atoms with Gasteiger partial charge in [-0.1, -0.05) is 0 Å². The maximum Gasteiger partial charge on any atom is 0.321 e. The number of carboxylic acids is 2. The van der Waals surface area contributed by atoms with Crippen LogP contribution in [-0.4, -0.2) is 40.6 Å². The number of aliphatic carboxylic acids is 2. The van der Waals surface area contributed by atoms with Crippen molar-refractivity contribution in [2.24, 2.45) is 17.2 Å². The molecule has 0 aromatic heterocycles. The Morgan fingerprint density at radius 2 is 1.57 bits per heavy atom. The Hall–Kier alpha value is -1.67. The quantitative estimate of drug-likeness (QED) is 0.334. The molecule has 8 N–H and O–H groups in total. The highest BCUT2D eigenvalue weighted by Gasteiger charge is 2.13. The van der Waals surface area contributed by atoms with Crippen molar-refractivity contribution in [3.63, 3.8) is 0 Å². The van der Waals surface area contributed by atoms with Crippen LogP contribution in [0, 0.1) is 0 Å². The molecule has 0 heterocycles. The molecule has 0 spiro atoms. The van der Waals surface area contributed by atoms with E-state index in [0.29, 0.717) is 0 Å². The summed E-state index contributed by atoms with van der Waals surface area (Å²) in [5, 5.41) is 15.7. The Morgan fingerprint density at radius 3 is 1.64 bits per heavy atom. The number of amides is 1. The van der Waals surface area contributed by atoms with E-state index in [0.717, 1.165) is 0 Å². The van der Waals surface area contributed by atoms with E-state index in [1.165, 1.54) is 0 Å². The fourth-order valence-electron chi connectivity index (χ4n) is 0.304. The fraction of sp³-hybridized carbons (Fsp3) is 0.500. The summed E-state index contributed by atoms with van der Waals surface area (Å²) in [6.45, 7) is -0.278. The van der Waals surface area contributed by atoms with Crippen LogP contribution in [0.15, 0.2) is 0 Å². The van der Waals surface area contributed by atoms with E-state index < -0.39 is 23.9 Å². The molecule has 0 unspecified atom stereocenters. The van der Waals surface area contributed by atoms with E-state index in [4.69, 9.17) is 15.9 Å². The number of hydrogen-bond acceptors (Lipinski definition) is 5. The predicted molar refractivity (Wildman–Crippen MR) is 46.1 cm³/mol. The number of nitrogens with two attached hydrogens (primary N) is 3. The number of hydrogen-bond donors (Lipinski definition) is 5. The van der Waals surface area contributed by atoms with Crippen molar-refractivity contribution >= 4 is 17.8 Å². The molecular formula is C6H13N3O5. The molecule has 0 bridgehead atoms. The van der Waals surface area contributed by atoms with Crippen LogP contribution in [0.3, 0.4) is 0 Å². The summed E-state index contributed by atoms with van der Waals surface area (Å²) in [5.41, 5.74) is 14.1. The predicted octanol–water partition coefficient (Wildman–Crippen LogP) is -2.70. The summed E-state index contributed by atoms with van der Waals surface area (Å²) in [6, 6.07) is -1.16. The van der Waals surface area contributed by atoms with Gasteiger partial charge in [0.2, 0.25) is 5.91 Å². The maximum atomic E-state index is 9.99. The van der Waals surface area contributed by atoms with Gasteiger partial charge >= 0.3 is 11.9 Å². The molecular weight excluding hydrogens is 194 g/mol. The van der Waals surface area contributed by atoms with Crippen LogP contribution in [-0.2, 0) is 14.4 Å².